The summed E-state index contributed by atoms with van der Waals surface area (Å²) >= 11 is 0. The number of ketones is 1. The van der Waals surface area contributed by atoms with Crippen LogP contribution < -0.4 is 4.74 Å². The number of aliphatic hydroxyl groups is 1. The molecule has 0 aliphatic carbocycles. The summed E-state index contributed by atoms with van der Waals surface area (Å²) in [5, 5.41) is 11.2. The van der Waals surface area contributed by atoms with Crippen molar-refractivity contribution in [1.82, 2.24) is 9.80 Å². The Labute approximate surface area is 195 Å². The van der Waals surface area contributed by atoms with Crippen molar-refractivity contribution >= 4 is 17.4 Å². The van der Waals surface area contributed by atoms with E-state index in [0.29, 0.717) is 36.8 Å². The van der Waals surface area contributed by atoms with Crippen LogP contribution in [-0.2, 0) is 9.59 Å². The van der Waals surface area contributed by atoms with Crippen molar-refractivity contribution in [1.29, 1.82) is 0 Å². The first-order chi connectivity index (χ1) is 15.8. The Morgan fingerprint density at radius 1 is 1.12 bits per heavy atom. The highest BCUT2D eigenvalue weighted by Gasteiger charge is 2.47. The third kappa shape index (κ3) is 5.14. The lowest BCUT2D eigenvalue weighted by atomic mass is 9.98. The van der Waals surface area contributed by atoms with Crippen LogP contribution in [-0.4, -0.2) is 59.4 Å². The number of amides is 1. The molecule has 7 nitrogen and oxygen atoms in total. The fraction of sp³-hybridized carbons (Fsp3) is 0.462. The van der Waals surface area contributed by atoms with Gasteiger partial charge in [-0.15, -0.1) is 0 Å². The zero-order valence-corrected chi connectivity index (χ0v) is 20.2. The average molecular weight is 455 g/mol. The van der Waals surface area contributed by atoms with Crippen molar-refractivity contribution in [3.05, 3.63) is 58.6 Å². The predicted octanol–water partition coefficient (Wildman–Crippen LogP) is 4.45. The quantitative estimate of drug-likeness (QED) is 0.324. The van der Waals surface area contributed by atoms with Crippen LogP contribution >= 0.6 is 0 Å². The number of furan rings is 1. The Morgan fingerprint density at radius 2 is 1.85 bits per heavy atom. The monoisotopic (exact) mass is 454 g/mol. The molecule has 1 N–H and O–H groups in total. The van der Waals surface area contributed by atoms with E-state index in [1.807, 2.05) is 20.8 Å². The molecule has 2 aromatic rings. The van der Waals surface area contributed by atoms with E-state index in [1.54, 1.807) is 30.3 Å². The minimum atomic E-state index is -0.773. The lowest BCUT2D eigenvalue weighted by molar-refractivity contribution is -0.140. The van der Waals surface area contributed by atoms with E-state index in [4.69, 9.17) is 9.15 Å². The van der Waals surface area contributed by atoms with E-state index in [1.165, 1.54) is 4.90 Å². The standard InChI is InChI=1S/C26H34N2O5/c1-6-15-32-20-12-10-19(16-17(20)4)24(29)22-23(21-11-9-18(5)33-21)28(26(31)25(22)30)14-13-27(7-2)8-3/h9-12,16,23,29H,6-8,13-15H2,1-5H3/b24-22-. The molecule has 1 aromatic heterocycles. The molecular weight excluding hydrogens is 420 g/mol. The lowest BCUT2D eigenvalue weighted by Crippen LogP contribution is -2.37. The van der Waals surface area contributed by atoms with Gasteiger partial charge < -0.3 is 24.1 Å². The van der Waals surface area contributed by atoms with E-state index in [9.17, 15) is 14.7 Å². The molecule has 1 atom stereocenters. The molecule has 1 aliphatic rings. The van der Waals surface area contributed by atoms with Crippen LogP contribution in [0.3, 0.4) is 0 Å². The molecule has 1 fully saturated rings. The molecule has 33 heavy (non-hydrogen) atoms. The van der Waals surface area contributed by atoms with Crippen molar-refractivity contribution < 1.29 is 23.8 Å². The van der Waals surface area contributed by atoms with Crippen LogP contribution in [0.15, 0.2) is 40.3 Å². The Morgan fingerprint density at radius 3 is 2.42 bits per heavy atom. The molecule has 1 unspecified atom stereocenters. The first kappa shape index (κ1) is 24.6. The van der Waals surface area contributed by atoms with Gasteiger partial charge in [0, 0.05) is 18.7 Å². The summed E-state index contributed by atoms with van der Waals surface area (Å²) in [5.41, 5.74) is 1.36. The highest BCUT2D eigenvalue weighted by molar-refractivity contribution is 6.46. The maximum absolute atomic E-state index is 13.1. The van der Waals surface area contributed by atoms with E-state index >= 15 is 0 Å². The molecule has 1 amide bonds. The number of rotatable bonds is 10. The van der Waals surface area contributed by atoms with Gasteiger partial charge in [-0.2, -0.15) is 0 Å². The number of benzene rings is 1. The first-order valence-electron chi connectivity index (χ1n) is 11.6. The van der Waals surface area contributed by atoms with E-state index < -0.39 is 17.7 Å². The average Bonchev–Trinajstić information content (AvgIpc) is 3.34. The van der Waals surface area contributed by atoms with Crippen LogP contribution in [0.4, 0.5) is 0 Å². The summed E-state index contributed by atoms with van der Waals surface area (Å²) in [6.45, 7) is 13.1. The summed E-state index contributed by atoms with van der Waals surface area (Å²) < 4.78 is 11.6. The molecule has 2 heterocycles. The number of likely N-dealkylation sites (tertiary alicyclic amines) is 1. The van der Waals surface area contributed by atoms with Crippen molar-refractivity contribution in [3.63, 3.8) is 0 Å². The normalized spacial score (nSPS) is 17.9. The zero-order chi connectivity index (χ0) is 24.1. The van der Waals surface area contributed by atoms with Gasteiger partial charge in [0.15, 0.2) is 0 Å². The van der Waals surface area contributed by atoms with E-state index in [-0.39, 0.29) is 11.3 Å². The highest BCUT2D eigenvalue weighted by atomic mass is 16.5. The van der Waals surface area contributed by atoms with Crippen LogP contribution in [0.2, 0.25) is 0 Å². The van der Waals surface area contributed by atoms with Crippen LogP contribution in [0.1, 0.15) is 55.9 Å². The number of ether oxygens (including phenoxy) is 1. The molecule has 0 bridgehead atoms. The summed E-state index contributed by atoms with van der Waals surface area (Å²) in [7, 11) is 0. The fourth-order valence-corrected chi connectivity index (χ4v) is 4.12. The van der Waals surface area contributed by atoms with Gasteiger partial charge in [-0.1, -0.05) is 20.8 Å². The van der Waals surface area contributed by atoms with Crippen molar-refractivity contribution in [2.75, 3.05) is 32.8 Å². The Kier molecular flexibility index (Phi) is 7.97. The largest absolute Gasteiger partial charge is 0.507 e. The summed E-state index contributed by atoms with van der Waals surface area (Å²) in [4.78, 5) is 29.8. The maximum Gasteiger partial charge on any atom is 0.295 e. The smallest absolute Gasteiger partial charge is 0.295 e. The summed E-state index contributed by atoms with van der Waals surface area (Å²) in [6, 6.07) is 8.04. The lowest BCUT2D eigenvalue weighted by Gasteiger charge is -2.26. The summed E-state index contributed by atoms with van der Waals surface area (Å²) in [6.07, 6.45) is 0.890. The number of carbonyl (C=O) groups is 2. The van der Waals surface area contributed by atoms with Crippen LogP contribution in [0, 0.1) is 13.8 Å². The number of aryl methyl sites for hydroxylation is 2. The van der Waals surface area contributed by atoms with Gasteiger partial charge in [0.2, 0.25) is 0 Å². The number of hydrogen-bond acceptors (Lipinski definition) is 6. The van der Waals surface area contributed by atoms with Gasteiger partial charge in [-0.05, 0) is 69.3 Å². The molecule has 1 aliphatic heterocycles. The van der Waals surface area contributed by atoms with Gasteiger partial charge in [0.05, 0.1) is 12.2 Å². The minimum Gasteiger partial charge on any atom is -0.507 e. The van der Waals surface area contributed by atoms with Crippen LogP contribution in [0.5, 0.6) is 5.75 Å². The Hall–Kier alpha value is -3.06. The second-order valence-corrected chi connectivity index (χ2v) is 8.30. The molecule has 1 saturated heterocycles. The third-order valence-corrected chi connectivity index (χ3v) is 6.03. The zero-order valence-electron chi connectivity index (χ0n) is 20.2. The fourth-order valence-electron chi connectivity index (χ4n) is 4.12. The van der Waals surface area contributed by atoms with Gasteiger partial charge in [-0.25, -0.2) is 0 Å². The topological polar surface area (TPSA) is 83.2 Å². The summed E-state index contributed by atoms with van der Waals surface area (Å²) in [5.74, 6) is 0.339. The van der Waals surface area contributed by atoms with Gasteiger partial charge in [0.25, 0.3) is 11.7 Å². The van der Waals surface area contributed by atoms with E-state index in [0.717, 1.165) is 30.8 Å². The number of carbonyl (C=O) groups excluding carboxylic acids is 2. The molecule has 178 valence electrons. The Bertz CT molecular complexity index is 1040. The second-order valence-electron chi connectivity index (χ2n) is 8.30. The molecular formula is C26H34N2O5. The molecule has 1 aromatic carbocycles. The highest BCUT2D eigenvalue weighted by Crippen LogP contribution is 2.40. The SMILES string of the molecule is CCCOc1ccc(/C(O)=C2/C(=O)C(=O)N(CCN(CC)CC)C2c2ccc(C)o2)cc1C. The third-order valence-electron chi connectivity index (χ3n) is 6.03. The Balaban J connectivity index is 2.04. The molecule has 0 radical (unpaired) electrons. The van der Waals surface area contributed by atoms with Gasteiger partial charge >= 0.3 is 0 Å². The number of aliphatic hydroxyl groups excluding tert-OH is 1. The first-order valence-corrected chi connectivity index (χ1v) is 11.6. The van der Waals surface area contributed by atoms with Gasteiger partial charge in [0.1, 0.15) is 29.1 Å². The van der Waals surface area contributed by atoms with E-state index in [2.05, 4.69) is 18.7 Å². The number of nitrogens with zero attached hydrogens (tertiary/aromatic N) is 2. The van der Waals surface area contributed by atoms with Gasteiger partial charge in [-0.3, -0.25) is 9.59 Å². The molecule has 0 saturated carbocycles. The van der Waals surface area contributed by atoms with Crippen molar-refractivity contribution in [2.45, 2.75) is 47.1 Å². The number of likely N-dealkylation sites (N-methyl/N-ethyl adjacent to an activating group) is 1. The number of hydrogen-bond donors (Lipinski definition) is 1. The van der Waals surface area contributed by atoms with Crippen molar-refractivity contribution in [3.8, 4) is 5.75 Å². The minimum absolute atomic E-state index is 0.0514. The van der Waals surface area contributed by atoms with Crippen molar-refractivity contribution in [2.24, 2.45) is 0 Å². The molecule has 0 spiro atoms. The second kappa shape index (κ2) is 10.7. The number of Topliss-reactive ketones (excluding diaryl/α,β-unsaturated/α-hetero) is 1. The predicted molar refractivity (Wildman–Crippen MR) is 127 cm³/mol. The molecule has 7 heteroatoms. The molecule has 3 rings (SSSR count). The van der Waals surface area contributed by atoms with Crippen LogP contribution in [0.25, 0.3) is 5.76 Å². The maximum atomic E-state index is 13.1.